The molecule has 1 aromatic heterocycles. The Hall–Kier alpha value is -4.58. The molecule has 2 heterocycles. The number of aliphatic carboxylic acids is 1. The van der Waals surface area contributed by atoms with Crippen LogP contribution in [-0.4, -0.2) is 85.7 Å². The number of carboxylic acids is 1. The van der Waals surface area contributed by atoms with Crippen molar-refractivity contribution in [2.45, 2.75) is 84.7 Å². The fourth-order valence-electron chi connectivity index (χ4n) is 5.60. The predicted molar refractivity (Wildman–Crippen MR) is 178 cm³/mol. The number of carbonyl (C=O) groups excluding carboxylic acids is 3. The van der Waals surface area contributed by atoms with Crippen LogP contribution in [0.2, 0.25) is 0 Å². The molecule has 0 saturated carbocycles. The molecule has 1 atom stereocenters. The molecule has 3 N–H and O–H groups in total. The molecular formula is C35H47N7O5. The summed E-state index contributed by atoms with van der Waals surface area (Å²) in [6, 6.07) is 14.8. The number of hydrogen-bond acceptors (Lipinski definition) is 7. The number of amides is 3. The van der Waals surface area contributed by atoms with Gasteiger partial charge in [0.05, 0.1) is 6.54 Å². The highest BCUT2D eigenvalue weighted by Crippen LogP contribution is 2.26. The van der Waals surface area contributed by atoms with Crippen LogP contribution in [0.25, 0.3) is 11.1 Å². The van der Waals surface area contributed by atoms with Crippen LogP contribution in [0, 0.1) is 0 Å². The number of hydrazine groups is 1. The fourth-order valence-corrected chi connectivity index (χ4v) is 5.60. The molecule has 1 unspecified atom stereocenters. The first-order valence-electron chi connectivity index (χ1n) is 16.6. The Balaban J connectivity index is 1.35. The first-order chi connectivity index (χ1) is 22.7. The van der Waals surface area contributed by atoms with E-state index in [2.05, 4.69) is 48.9 Å². The largest absolute Gasteiger partial charge is 0.480 e. The molecule has 1 fully saturated rings. The minimum atomic E-state index is -1.18. The maximum absolute atomic E-state index is 13.7. The molecule has 3 aromatic rings. The van der Waals surface area contributed by atoms with Gasteiger partial charge in [0.25, 0.3) is 5.91 Å². The lowest BCUT2D eigenvalue weighted by Gasteiger charge is -2.35. The molecule has 0 spiro atoms. The summed E-state index contributed by atoms with van der Waals surface area (Å²) in [4.78, 5) is 55.3. The first kappa shape index (κ1) is 35.3. The number of hydrogen-bond donors (Lipinski definition) is 3. The molecular weight excluding hydrogens is 598 g/mol. The summed E-state index contributed by atoms with van der Waals surface area (Å²) >= 11 is 0. The van der Waals surface area contributed by atoms with Gasteiger partial charge in [0.1, 0.15) is 11.9 Å². The summed E-state index contributed by atoms with van der Waals surface area (Å²) in [5, 5.41) is 18.1. The molecule has 0 bridgehead atoms. The number of carbonyl (C=O) groups is 4. The summed E-state index contributed by atoms with van der Waals surface area (Å²) < 4.78 is 2.04. The number of aryl methyl sites for hydroxylation is 2. The van der Waals surface area contributed by atoms with Gasteiger partial charge in [-0.05, 0) is 42.0 Å². The lowest BCUT2D eigenvalue weighted by molar-refractivity contribution is -0.142. The van der Waals surface area contributed by atoms with Gasteiger partial charge in [-0.2, -0.15) is 5.10 Å². The average molecular weight is 646 g/mol. The highest BCUT2D eigenvalue weighted by Gasteiger charge is 2.26. The molecule has 47 heavy (non-hydrogen) atoms. The predicted octanol–water partition coefficient (Wildman–Crippen LogP) is 3.84. The molecule has 2 aromatic carbocycles. The van der Waals surface area contributed by atoms with Crippen LogP contribution in [0.4, 0.5) is 0 Å². The maximum atomic E-state index is 13.7. The number of benzene rings is 2. The first-order valence-corrected chi connectivity index (χ1v) is 16.6. The smallest absolute Gasteiger partial charge is 0.326 e. The molecule has 1 aliphatic rings. The standard InChI is InChI=1S/C35H47N7O5/c1-4-6-12-31-37-32(13-7-5-2)42(38-31)24-26-14-16-27(17-15-26)28-10-8-9-11-29(28)34(45)40-20-22-41(23-21-40)39-33(44)19-18-30(35(46)47)36-25(3)43/h8-11,14-17,30H,4-7,12-13,18-24H2,1-3H3,(H,36,43)(H,39,44)(H,46,47). The van der Waals surface area contributed by atoms with E-state index in [9.17, 15) is 24.3 Å². The molecule has 0 aliphatic carbocycles. The third-order valence-electron chi connectivity index (χ3n) is 8.24. The van der Waals surface area contributed by atoms with E-state index in [0.29, 0.717) is 38.3 Å². The second kappa shape index (κ2) is 17.4. The number of carboxylic acid groups (broad SMARTS) is 1. The quantitative estimate of drug-likeness (QED) is 0.213. The number of unbranched alkanes of at least 4 members (excludes halogenated alkanes) is 2. The number of piperazine rings is 1. The Kier molecular flexibility index (Phi) is 13.0. The average Bonchev–Trinajstić information content (AvgIpc) is 3.45. The summed E-state index contributed by atoms with van der Waals surface area (Å²) in [6.07, 6.45) is 6.11. The maximum Gasteiger partial charge on any atom is 0.326 e. The fraction of sp³-hybridized carbons (Fsp3) is 0.486. The molecule has 0 radical (unpaired) electrons. The molecule has 12 heteroatoms. The minimum Gasteiger partial charge on any atom is -0.480 e. The van der Waals surface area contributed by atoms with Gasteiger partial charge in [-0.25, -0.2) is 19.5 Å². The van der Waals surface area contributed by atoms with Gasteiger partial charge in [0.15, 0.2) is 5.82 Å². The molecule has 4 rings (SSSR count). The summed E-state index contributed by atoms with van der Waals surface area (Å²) in [7, 11) is 0. The zero-order valence-electron chi connectivity index (χ0n) is 27.7. The van der Waals surface area contributed by atoms with Gasteiger partial charge in [-0.15, -0.1) is 0 Å². The third kappa shape index (κ3) is 10.2. The number of rotatable bonds is 16. The van der Waals surface area contributed by atoms with E-state index in [1.807, 2.05) is 28.9 Å². The number of nitrogens with zero attached hydrogens (tertiary/aromatic N) is 5. The van der Waals surface area contributed by atoms with Gasteiger partial charge in [-0.3, -0.25) is 19.8 Å². The second-order valence-electron chi connectivity index (χ2n) is 12.0. The van der Waals surface area contributed by atoms with E-state index in [1.54, 1.807) is 9.91 Å². The topological polar surface area (TPSA) is 150 Å². The highest BCUT2D eigenvalue weighted by atomic mass is 16.4. The van der Waals surface area contributed by atoms with Crippen molar-refractivity contribution < 1.29 is 24.3 Å². The van der Waals surface area contributed by atoms with Gasteiger partial charge in [0.2, 0.25) is 11.8 Å². The van der Waals surface area contributed by atoms with E-state index >= 15 is 0 Å². The van der Waals surface area contributed by atoms with Gasteiger partial charge >= 0.3 is 5.97 Å². The van der Waals surface area contributed by atoms with E-state index < -0.39 is 17.9 Å². The van der Waals surface area contributed by atoms with Crippen molar-refractivity contribution >= 4 is 23.7 Å². The van der Waals surface area contributed by atoms with E-state index in [0.717, 1.165) is 66.9 Å². The van der Waals surface area contributed by atoms with E-state index in [1.165, 1.54) is 6.92 Å². The van der Waals surface area contributed by atoms with Gasteiger partial charge in [0, 0.05) is 57.9 Å². The molecule has 12 nitrogen and oxygen atoms in total. The van der Waals surface area contributed by atoms with Crippen molar-refractivity contribution in [3.8, 4) is 11.1 Å². The van der Waals surface area contributed by atoms with Crippen LogP contribution in [0.15, 0.2) is 48.5 Å². The SMILES string of the molecule is CCCCc1nc(CCCC)n(Cc2ccc(-c3ccccc3C(=O)N3CCN(NC(=O)CCC(NC(C)=O)C(=O)O)CC3)cc2)n1. The molecule has 3 amide bonds. The Labute approximate surface area is 276 Å². The number of nitrogens with one attached hydrogen (secondary N) is 2. The van der Waals surface area contributed by atoms with Crippen LogP contribution in [0.1, 0.15) is 86.9 Å². The lowest BCUT2D eigenvalue weighted by Crippen LogP contribution is -2.55. The third-order valence-corrected chi connectivity index (χ3v) is 8.24. The summed E-state index contributed by atoms with van der Waals surface area (Å²) in [6.45, 7) is 7.96. The highest BCUT2D eigenvalue weighted by molar-refractivity contribution is 6.01. The van der Waals surface area contributed by atoms with Crippen molar-refractivity contribution in [3.63, 3.8) is 0 Å². The minimum absolute atomic E-state index is 0.0165. The Morgan fingerprint density at radius 1 is 0.915 bits per heavy atom. The van der Waals surface area contributed by atoms with Gasteiger partial charge < -0.3 is 15.3 Å². The van der Waals surface area contributed by atoms with Crippen molar-refractivity contribution in [1.29, 1.82) is 0 Å². The normalized spacial score (nSPS) is 14.1. The Morgan fingerprint density at radius 3 is 2.26 bits per heavy atom. The van der Waals surface area contributed by atoms with Crippen LogP contribution in [0.5, 0.6) is 0 Å². The van der Waals surface area contributed by atoms with Crippen LogP contribution < -0.4 is 10.7 Å². The second-order valence-corrected chi connectivity index (χ2v) is 12.0. The van der Waals surface area contributed by atoms with Crippen molar-refractivity contribution in [3.05, 3.63) is 71.3 Å². The molecule has 1 saturated heterocycles. The molecule has 1 aliphatic heterocycles. The lowest BCUT2D eigenvalue weighted by atomic mass is 9.97. The van der Waals surface area contributed by atoms with E-state index in [4.69, 9.17) is 10.1 Å². The molecule has 252 valence electrons. The zero-order valence-corrected chi connectivity index (χ0v) is 27.7. The Bertz CT molecular complexity index is 1510. The monoisotopic (exact) mass is 645 g/mol. The van der Waals surface area contributed by atoms with Crippen LogP contribution >= 0.6 is 0 Å². The van der Waals surface area contributed by atoms with Gasteiger partial charge in [-0.1, -0.05) is 69.2 Å². The van der Waals surface area contributed by atoms with Crippen LogP contribution in [0.3, 0.4) is 0 Å². The Morgan fingerprint density at radius 2 is 1.60 bits per heavy atom. The number of aromatic nitrogens is 3. The van der Waals surface area contributed by atoms with Crippen LogP contribution in [-0.2, 0) is 33.8 Å². The summed E-state index contributed by atoms with van der Waals surface area (Å²) in [5.41, 5.74) is 6.34. The van der Waals surface area contributed by atoms with Crippen molar-refractivity contribution in [1.82, 2.24) is 35.4 Å². The zero-order chi connectivity index (χ0) is 33.8. The van der Waals surface area contributed by atoms with E-state index in [-0.39, 0.29) is 24.7 Å². The van der Waals surface area contributed by atoms with Crippen molar-refractivity contribution in [2.75, 3.05) is 26.2 Å². The summed E-state index contributed by atoms with van der Waals surface area (Å²) in [5.74, 6) is -0.112. The van der Waals surface area contributed by atoms with Crippen molar-refractivity contribution in [2.24, 2.45) is 0 Å².